The Morgan fingerprint density at radius 1 is 0.288 bits per heavy atom. The molecule has 0 aliphatic heterocycles. The van der Waals surface area contributed by atoms with E-state index >= 15 is 0 Å². The van der Waals surface area contributed by atoms with Crippen LogP contribution in [0.2, 0.25) is 0 Å². The van der Waals surface area contributed by atoms with Crippen molar-refractivity contribution in [3.63, 3.8) is 0 Å². The first kappa shape index (κ1) is 33.2. The van der Waals surface area contributed by atoms with Gasteiger partial charge < -0.3 is 9.47 Å². The van der Waals surface area contributed by atoms with Crippen LogP contribution in [0.15, 0.2) is 194 Å². The van der Waals surface area contributed by atoms with E-state index in [0.717, 1.165) is 17.1 Å². The molecule has 0 radical (unpaired) electrons. The molecule has 13 rings (SSSR count). The number of aromatic nitrogens is 1. The number of hydrogen-bond donors (Lipinski definition) is 0. The molecule has 0 aliphatic rings. The van der Waals surface area contributed by atoms with Crippen molar-refractivity contribution >= 4 is 133 Å². The molecule has 13 aromatic rings. The normalized spacial score (nSPS) is 12.1. The van der Waals surface area contributed by atoms with Crippen LogP contribution in [0.1, 0.15) is 0 Å². The van der Waals surface area contributed by atoms with Crippen molar-refractivity contribution in [3.05, 3.63) is 194 Å². The Labute approximate surface area is 351 Å². The first-order valence-corrected chi connectivity index (χ1v) is 22.3. The molecule has 9 aromatic carbocycles. The summed E-state index contributed by atoms with van der Waals surface area (Å²) >= 11 is 5.59. The van der Waals surface area contributed by atoms with Crippen molar-refractivity contribution in [2.75, 3.05) is 4.90 Å². The van der Waals surface area contributed by atoms with E-state index in [1.54, 1.807) is 0 Å². The molecule has 2 nitrogen and oxygen atoms in total. The molecule has 0 bridgehead atoms. The van der Waals surface area contributed by atoms with Gasteiger partial charge in [-0.2, -0.15) is 0 Å². The van der Waals surface area contributed by atoms with Gasteiger partial charge in [0.1, 0.15) is 0 Å². The van der Waals surface area contributed by atoms with Crippen molar-refractivity contribution in [1.82, 2.24) is 4.57 Å². The molecular weight excluding hydrogens is 773 g/mol. The molecule has 0 saturated heterocycles. The van der Waals surface area contributed by atoms with Crippen LogP contribution in [0, 0.1) is 0 Å². The Morgan fingerprint density at radius 3 is 1.32 bits per heavy atom. The monoisotopic (exact) mass is 804 g/mol. The van der Waals surface area contributed by atoms with E-state index in [0.29, 0.717) is 0 Å². The fraction of sp³-hybridized carbons (Fsp3) is 0. The summed E-state index contributed by atoms with van der Waals surface area (Å²) in [5.74, 6) is 0. The molecule has 4 heterocycles. The van der Waals surface area contributed by atoms with Gasteiger partial charge in [-0.1, -0.05) is 97.1 Å². The zero-order chi connectivity index (χ0) is 38.6. The van der Waals surface area contributed by atoms with Crippen LogP contribution in [0.5, 0.6) is 0 Å². The van der Waals surface area contributed by atoms with Gasteiger partial charge in [-0.25, -0.2) is 0 Å². The lowest BCUT2D eigenvalue weighted by Gasteiger charge is -2.26. The smallest absolute Gasteiger partial charge is 0.0547 e. The second-order valence-corrected chi connectivity index (χ2v) is 18.6. The lowest BCUT2D eigenvalue weighted by molar-refractivity contribution is 1.19. The summed E-state index contributed by atoms with van der Waals surface area (Å²) in [5, 5.41) is 10.3. The minimum atomic E-state index is 1.12. The van der Waals surface area contributed by atoms with E-state index in [2.05, 4.69) is 204 Å². The minimum Gasteiger partial charge on any atom is -0.310 e. The first-order valence-electron chi connectivity index (χ1n) is 19.9. The summed E-state index contributed by atoms with van der Waals surface area (Å²) in [5.41, 5.74) is 9.41. The van der Waals surface area contributed by atoms with Crippen LogP contribution in [0.25, 0.3) is 99.1 Å². The van der Waals surface area contributed by atoms with Crippen molar-refractivity contribution in [3.8, 4) is 16.8 Å². The van der Waals surface area contributed by atoms with Crippen LogP contribution in [-0.4, -0.2) is 4.57 Å². The second kappa shape index (κ2) is 12.9. The Kier molecular flexibility index (Phi) is 7.25. The first-order chi connectivity index (χ1) is 29.2. The molecule has 0 spiro atoms. The minimum absolute atomic E-state index is 1.12. The largest absolute Gasteiger partial charge is 0.310 e. The van der Waals surface area contributed by atoms with Gasteiger partial charge in [0, 0.05) is 94.0 Å². The van der Waals surface area contributed by atoms with Crippen LogP contribution in [0.3, 0.4) is 0 Å². The highest BCUT2D eigenvalue weighted by Crippen LogP contribution is 2.44. The molecule has 0 N–H and O–H groups in total. The summed E-state index contributed by atoms with van der Waals surface area (Å²) in [6.45, 7) is 0. The molecular formula is C54H32N2S3. The highest BCUT2D eigenvalue weighted by Gasteiger charge is 2.19. The summed E-state index contributed by atoms with van der Waals surface area (Å²) in [4.78, 5) is 2.42. The van der Waals surface area contributed by atoms with E-state index in [9.17, 15) is 0 Å². The molecule has 0 fully saturated rings. The Morgan fingerprint density at radius 2 is 0.729 bits per heavy atom. The Bertz CT molecular complexity index is 3690. The summed E-state index contributed by atoms with van der Waals surface area (Å²) in [6.07, 6.45) is 0. The zero-order valence-corrected chi connectivity index (χ0v) is 34.0. The highest BCUT2D eigenvalue weighted by atomic mass is 32.1. The van der Waals surface area contributed by atoms with E-state index in [4.69, 9.17) is 0 Å². The lowest BCUT2D eigenvalue weighted by Crippen LogP contribution is -2.09. The fourth-order valence-electron chi connectivity index (χ4n) is 9.24. The number of para-hydroxylation sites is 1. The van der Waals surface area contributed by atoms with Gasteiger partial charge in [0.05, 0.1) is 11.0 Å². The highest BCUT2D eigenvalue weighted by molar-refractivity contribution is 7.26. The molecule has 59 heavy (non-hydrogen) atoms. The molecule has 0 unspecified atom stereocenters. The molecule has 5 heteroatoms. The summed E-state index contributed by atoms with van der Waals surface area (Å²) in [6, 6.07) is 72.1. The summed E-state index contributed by atoms with van der Waals surface area (Å²) < 4.78 is 10.3. The fourth-order valence-corrected chi connectivity index (χ4v) is 12.5. The van der Waals surface area contributed by atoms with Crippen molar-refractivity contribution in [1.29, 1.82) is 0 Å². The molecule has 4 aromatic heterocycles. The average Bonchev–Trinajstić information content (AvgIpc) is 4.05. The maximum absolute atomic E-state index is 2.45. The summed E-state index contributed by atoms with van der Waals surface area (Å²) in [7, 11) is 0. The number of rotatable bonds is 5. The number of hydrogen-bond acceptors (Lipinski definition) is 4. The number of nitrogens with zero attached hydrogens (tertiary/aromatic N) is 2. The van der Waals surface area contributed by atoms with Crippen LogP contribution >= 0.6 is 34.0 Å². The standard InChI is InChI=1S/C54H32N2S3/c1-5-13-47-39(9-1)40-25-19-34(29-48(40)56(47)38-24-28-54-46(32-38)43-12-4-8-16-51(43)59-54)33-17-20-35(21-18-33)55(36-22-26-52-44(30-36)41-10-2-6-14-49(41)57-52)37-23-27-53-45(31-37)42-11-3-7-15-50(42)58-53/h1-32H. The van der Waals surface area contributed by atoms with E-state index in [1.165, 1.54) is 99.1 Å². The Balaban J connectivity index is 0.957. The molecule has 0 saturated carbocycles. The third-order valence-electron chi connectivity index (χ3n) is 12.0. The topological polar surface area (TPSA) is 8.17 Å². The third kappa shape index (κ3) is 5.16. The van der Waals surface area contributed by atoms with E-state index in [1.807, 2.05) is 34.0 Å². The number of fused-ring (bicyclic) bond motifs is 12. The van der Waals surface area contributed by atoms with Crippen molar-refractivity contribution in [2.45, 2.75) is 0 Å². The molecule has 276 valence electrons. The predicted molar refractivity (Wildman–Crippen MR) is 260 cm³/mol. The molecule has 0 aliphatic carbocycles. The van der Waals surface area contributed by atoms with Gasteiger partial charge in [-0.3, -0.25) is 0 Å². The second-order valence-electron chi connectivity index (χ2n) is 15.3. The number of benzene rings is 9. The van der Waals surface area contributed by atoms with E-state index < -0.39 is 0 Å². The van der Waals surface area contributed by atoms with Crippen LogP contribution in [0.4, 0.5) is 17.1 Å². The van der Waals surface area contributed by atoms with Gasteiger partial charge in [-0.15, -0.1) is 34.0 Å². The maximum Gasteiger partial charge on any atom is 0.0547 e. The van der Waals surface area contributed by atoms with E-state index in [-0.39, 0.29) is 0 Å². The van der Waals surface area contributed by atoms with Gasteiger partial charge in [0.15, 0.2) is 0 Å². The molecule has 0 atom stereocenters. The van der Waals surface area contributed by atoms with Crippen molar-refractivity contribution in [2.24, 2.45) is 0 Å². The van der Waals surface area contributed by atoms with Crippen molar-refractivity contribution < 1.29 is 0 Å². The maximum atomic E-state index is 2.45. The van der Waals surface area contributed by atoms with Crippen LogP contribution < -0.4 is 4.90 Å². The quantitative estimate of drug-likeness (QED) is 0.168. The SMILES string of the molecule is c1ccc2c(c1)sc1ccc(N(c3ccc(-c4ccc5c6ccccc6n(-c6ccc7sc8ccccc8c7c6)c5c4)cc3)c3ccc4sc5ccccc5c4c3)cc12. The van der Waals surface area contributed by atoms with Gasteiger partial charge in [0.2, 0.25) is 0 Å². The average molecular weight is 805 g/mol. The van der Waals surface area contributed by atoms with Gasteiger partial charge >= 0.3 is 0 Å². The lowest BCUT2D eigenvalue weighted by atomic mass is 10.0. The zero-order valence-electron chi connectivity index (χ0n) is 31.6. The van der Waals surface area contributed by atoms with Gasteiger partial charge in [0.25, 0.3) is 0 Å². The molecule has 0 amide bonds. The number of anilines is 3. The third-order valence-corrected chi connectivity index (χ3v) is 15.4. The predicted octanol–water partition coefficient (Wildman–Crippen LogP) is 17.0. The Hall–Kier alpha value is -6.76. The van der Waals surface area contributed by atoms with Crippen LogP contribution in [-0.2, 0) is 0 Å². The van der Waals surface area contributed by atoms with Gasteiger partial charge in [-0.05, 0) is 108 Å². The number of thiophene rings is 3.